The third-order valence-electron chi connectivity index (χ3n) is 3.40. The van der Waals surface area contributed by atoms with Gasteiger partial charge in [0.1, 0.15) is 0 Å². The van der Waals surface area contributed by atoms with Gasteiger partial charge in [-0.05, 0) is 35.4 Å². The van der Waals surface area contributed by atoms with E-state index in [4.69, 9.17) is 5.73 Å². The van der Waals surface area contributed by atoms with Crippen LogP contribution >= 0.6 is 0 Å². The molecule has 1 aromatic carbocycles. The van der Waals surface area contributed by atoms with E-state index in [2.05, 4.69) is 64.2 Å². The van der Waals surface area contributed by atoms with Crippen molar-refractivity contribution in [3.05, 3.63) is 29.8 Å². The summed E-state index contributed by atoms with van der Waals surface area (Å²) in [6.07, 6.45) is 1.09. The predicted molar refractivity (Wildman–Crippen MR) is 81.1 cm³/mol. The molecule has 0 spiro atoms. The van der Waals surface area contributed by atoms with Gasteiger partial charge in [0.2, 0.25) is 0 Å². The van der Waals surface area contributed by atoms with Crippen molar-refractivity contribution in [2.45, 2.75) is 46.5 Å². The van der Waals surface area contributed by atoms with Crippen molar-refractivity contribution in [2.24, 2.45) is 11.1 Å². The molecule has 0 heterocycles. The van der Waals surface area contributed by atoms with Gasteiger partial charge in [-0.15, -0.1) is 0 Å². The van der Waals surface area contributed by atoms with Gasteiger partial charge >= 0.3 is 0 Å². The van der Waals surface area contributed by atoms with Crippen LogP contribution in [0.4, 0.5) is 5.69 Å². The van der Waals surface area contributed by atoms with Crippen molar-refractivity contribution in [1.82, 2.24) is 0 Å². The Balaban J connectivity index is 2.69. The number of anilines is 1. The Morgan fingerprint density at radius 2 is 1.67 bits per heavy atom. The first-order valence-electron chi connectivity index (χ1n) is 6.80. The minimum Gasteiger partial charge on any atom is -0.385 e. The molecule has 0 aliphatic heterocycles. The number of nitrogens with two attached hydrogens (primary N) is 1. The summed E-state index contributed by atoms with van der Waals surface area (Å²) in [5.74, 6) is 0. The summed E-state index contributed by atoms with van der Waals surface area (Å²) in [6.45, 7) is 12.9. The third-order valence-corrected chi connectivity index (χ3v) is 3.40. The Morgan fingerprint density at radius 1 is 1.06 bits per heavy atom. The zero-order valence-electron chi connectivity index (χ0n) is 12.5. The highest BCUT2D eigenvalue weighted by Gasteiger charge is 2.18. The van der Waals surface area contributed by atoms with Crippen molar-refractivity contribution < 1.29 is 0 Å². The Labute approximate surface area is 112 Å². The van der Waals surface area contributed by atoms with Crippen LogP contribution in [0.3, 0.4) is 0 Å². The minimum absolute atomic E-state index is 0.174. The van der Waals surface area contributed by atoms with Gasteiger partial charge in [0, 0.05) is 12.2 Å². The van der Waals surface area contributed by atoms with E-state index in [1.165, 1.54) is 11.3 Å². The van der Waals surface area contributed by atoms with Gasteiger partial charge in [0.05, 0.1) is 0 Å². The van der Waals surface area contributed by atoms with E-state index in [9.17, 15) is 0 Å². The lowest BCUT2D eigenvalue weighted by Crippen LogP contribution is -2.26. The van der Waals surface area contributed by atoms with E-state index in [0.717, 1.165) is 19.5 Å². The summed E-state index contributed by atoms with van der Waals surface area (Å²) in [6, 6.07) is 8.56. The Bertz CT molecular complexity index is 375. The molecule has 1 aromatic rings. The molecule has 0 aliphatic rings. The average Bonchev–Trinajstić information content (AvgIpc) is 2.28. The van der Waals surface area contributed by atoms with Crippen LogP contribution in [0, 0.1) is 5.41 Å². The van der Waals surface area contributed by atoms with Gasteiger partial charge in [-0.2, -0.15) is 0 Å². The van der Waals surface area contributed by atoms with Crippen molar-refractivity contribution in [3.8, 4) is 0 Å². The molecule has 0 amide bonds. The Morgan fingerprint density at radius 3 is 2.22 bits per heavy atom. The molecule has 0 saturated heterocycles. The van der Waals surface area contributed by atoms with Gasteiger partial charge in [-0.25, -0.2) is 0 Å². The van der Waals surface area contributed by atoms with Crippen LogP contribution in [0.15, 0.2) is 24.3 Å². The standard InChI is InChI=1S/C16H28N2/c1-15(2,3)13-8-6-7-9-14(13)18-11-10-16(4,5)12-17/h6-9,18H,10-12,17H2,1-5H3. The van der Waals surface area contributed by atoms with Gasteiger partial charge in [0.25, 0.3) is 0 Å². The fourth-order valence-corrected chi connectivity index (χ4v) is 1.93. The first-order valence-corrected chi connectivity index (χ1v) is 6.80. The topological polar surface area (TPSA) is 38.0 Å². The molecule has 0 unspecified atom stereocenters. The number of para-hydroxylation sites is 1. The highest BCUT2D eigenvalue weighted by molar-refractivity contribution is 5.54. The molecule has 2 nitrogen and oxygen atoms in total. The molecule has 0 saturated carbocycles. The fourth-order valence-electron chi connectivity index (χ4n) is 1.93. The van der Waals surface area contributed by atoms with Gasteiger partial charge in [0.15, 0.2) is 0 Å². The molecule has 102 valence electrons. The molecule has 3 N–H and O–H groups in total. The van der Waals surface area contributed by atoms with Crippen LogP contribution in [0.2, 0.25) is 0 Å². The monoisotopic (exact) mass is 248 g/mol. The lowest BCUT2D eigenvalue weighted by molar-refractivity contribution is 0.358. The molecule has 0 fully saturated rings. The van der Waals surface area contributed by atoms with Crippen LogP contribution < -0.4 is 11.1 Å². The minimum atomic E-state index is 0.174. The molecular weight excluding hydrogens is 220 g/mol. The van der Waals surface area contributed by atoms with Crippen molar-refractivity contribution in [1.29, 1.82) is 0 Å². The highest BCUT2D eigenvalue weighted by Crippen LogP contribution is 2.29. The first kappa shape index (κ1) is 15.0. The molecule has 18 heavy (non-hydrogen) atoms. The molecule has 1 rings (SSSR count). The number of hydrogen-bond acceptors (Lipinski definition) is 2. The molecule has 0 aliphatic carbocycles. The molecule has 2 heteroatoms. The second-order valence-electron chi connectivity index (χ2n) is 6.84. The number of benzene rings is 1. The lowest BCUT2D eigenvalue weighted by atomic mass is 9.85. The van der Waals surface area contributed by atoms with Crippen molar-refractivity contribution in [2.75, 3.05) is 18.4 Å². The van der Waals surface area contributed by atoms with Crippen LogP contribution in [0.5, 0.6) is 0 Å². The van der Waals surface area contributed by atoms with Gasteiger partial charge < -0.3 is 11.1 Å². The van der Waals surface area contributed by atoms with Crippen LogP contribution in [0.25, 0.3) is 0 Å². The largest absolute Gasteiger partial charge is 0.385 e. The Hall–Kier alpha value is -1.02. The summed E-state index contributed by atoms with van der Waals surface area (Å²) in [4.78, 5) is 0. The number of hydrogen-bond donors (Lipinski definition) is 2. The summed E-state index contributed by atoms with van der Waals surface area (Å²) < 4.78 is 0. The summed E-state index contributed by atoms with van der Waals surface area (Å²) >= 11 is 0. The maximum atomic E-state index is 5.76. The molecule has 0 radical (unpaired) electrons. The van der Waals surface area contributed by atoms with Gasteiger partial charge in [-0.3, -0.25) is 0 Å². The van der Waals surface area contributed by atoms with Crippen LogP contribution in [-0.2, 0) is 5.41 Å². The fraction of sp³-hybridized carbons (Fsp3) is 0.625. The Kier molecular flexibility index (Phi) is 4.80. The third kappa shape index (κ3) is 4.34. The smallest absolute Gasteiger partial charge is 0.0378 e. The summed E-state index contributed by atoms with van der Waals surface area (Å²) in [5, 5.41) is 3.55. The molecule has 0 aromatic heterocycles. The maximum Gasteiger partial charge on any atom is 0.0378 e. The van der Waals surface area contributed by atoms with E-state index in [-0.39, 0.29) is 10.8 Å². The zero-order valence-corrected chi connectivity index (χ0v) is 12.5. The molecule has 0 atom stereocenters. The number of rotatable bonds is 5. The maximum absolute atomic E-state index is 5.76. The quantitative estimate of drug-likeness (QED) is 0.832. The van der Waals surface area contributed by atoms with E-state index < -0.39 is 0 Å². The van der Waals surface area contributed by atoms with Crippen LogP contribution in [0.1, 0.15) is 46.6 Å². The lowest BCUT2D eigenvalue weighted by Gasteiger charge is -2.26. The number of nitrogens with one attached hydrogen (secondary N) is 1. The highest BCUT2D eigenvalue weighted by atomic mass is 14.9. The zero-order chi connectivity index (χ0) is 13.8. The van der Waals surface area contributed by atoms with Gasteiger partial charge in [-0.1, -0.05) is 52.8 Å². The van der Waals surface area contributed by atoms with Crippen molar-refractivity contribution in [3.63, 3.8) is 0 Å². The van der Waals surface area contributed by atoms with Crippen molar-refractivity contribution >= 4 is 5.69 Å². The first-order chi connectivity index (χ1) is 8.26. The van der Waals surface area contributed by atoms with E-state index in [1.807, 2.05) is 0 Å². The van der Waals surface area contributed by atoms with E-state index >= 15 is 0 Å². The molecular formula is C16H28N2. The van der Waals surface area contributed by atoms with Crippen LogP contribution in [-0.4, -0.2) is 13.1 Å². The second-order valence-corrected chi connectivity index (χ2v) is 6.84. The SMILES string of the molecule is CC(C)(CN)CCNc1ccccc1C(C)(C)C. The predicted octanol–water partition coefficient (Wildman–Crippen LogP) is 3.77. The van der Waals surface area contributed by atoms with E-state index in [0.29, 0.717) is 0 Å². The average molecular weight is 248 g/mol. The normalized spacial score (nSPS) is 12.6. The summed E-state index contributed by atoms with van der Waals surface area (Å²) in [5.41, 5.74) is 8.76. The second kappa shape index (κ2) is 5.75. The van der Waals surface area contributed by atoms with E-state index in [1.54, 1.807) is 0 Å². The summed E-state index contributed by atoms with van der Waals surface area (Å²) in [7, 11) is 0. The molecule has 0 bridgehead atoms.